The van der Waals surface area contributed by atoms with Gasteiger partial charge in [0.1, 0.15) is 11.6 Å². The van der Waals surface area contributed by atoms with Crippen LogP contribution in [0, 0.1) is 5.82 Å². The number of nitrogens with two attached hydrogens (primary N) is 1. The fourth-order valence-corrected chi connectivity index (χ4v) is 1.86. The summed E-state index contributed by atoms with van der Waals surface area (Å²) in [6.45, 7) is 0. The van der Waals surface area contributed by atoms with Crippen molar-refractivity contribution < 1.29 is 17.5 Å². The number of halogens is 1. The van der Waals surface area contributed by atoms with E-state index in [1.165, 1.54) is 18.2 Å². The Labute approximate surface area is 91.0 Å². The SMILES string of the molecule is NC1=CN=C(Oc2cccc(F)c2)S1(=O)=O. The third-order valence-corrected chi connectivity index (χ3v) is 3.21. The molecule has 0 fully saturated rings. The maximum atomic E-state index is 12.8. The summed E-state index contributed by atoms with van der Waals surface area (Å²) >= 11 is 0. The Balaban J connectivity index is 2.26. The quantitative estimate of drug-likeness (QED) is 0.787. The minimum atomic E-state index is -3.83. The van der Waals surface area contributed by atoms with E-state index in [2.05, 4.69) is 4.99 Å². The van der Waals surface area contributed by atoms with Crippen LogP contribution in [0.25, 0.3) is 0 Å². The van der Waals surface area contributed by atoms with Gasteiger partial charge >= 0.3 is 5.23 Å². The van der Waals surface area contributed by atoms with E-state index in [0.29, 0.717) is 0 Å². The zero-order valence-corrected chi connectivity index (χ0v) is 8.74. The summed E-state index contributed by atoms with van der Waals surface area (Å²) < 4.78 is 40.6. The van der Waals surface area contributed by atoms with E-state index in [1.54, 1.807) is 0 Å². The van der Waals surface area contributed by atoms with Gasteiger partial charge in [0.25, 0.3) is 9.84 Å². The maximum Gasteiger partial charge on any atom is 0.321 e. The van der Waals surface area contributed by atoms with Crippen LogP contribution in [0.3, 0.4) is 0 Å². The molecule has 1 heterocycles. The van der Waals surface area contributed by atoms with Gasteiger partial charge in [0.15, 0.2) is 5.03 Å². The van der Waals surface area contributed by atoms with E-state index in [-0.39, 0.29) is 10.8 Å². The van der Waals surface area contributed by atoms with Crippen molar-refractivity contribution in [3.05, 3.63) is 41.3 Å². The molecule has 0 amide bonds. The number of sulfone groups is 1. The first-order valence-electron chi connectivity index (χ1n) is 4.22. The highest BCUT2D eigenvalue weighted by Crippen LogP contribution is 2.18. The van der Waals surface area contributed by atoms with E-state index < -0.39 is 20.9 Å². The molecule has 5 nitrogen and oxygen atoms in total. The Morgan fingerprint density at radius 2 is 2.12 bits per heavy atom. The van der Waals surface area contributed by atoms with Crippen molar-refractivity contribution >= 4 is 15.1 Å². The first-order valence-corrected chi connectivity index (χ1v) is 5.70. The summed E-state index contributed by atoms with van der Waals surface area (Å²) in [5, 5.41) is -0.936. The van der Waals surface area contributed by atoms with Gasteiger partial charge in [-0.1, -0.05) is 6.07 Å². The number of aliphatic imine (C=N–C) groups is 1. The first-order chi connectivity index (χ1) is 7.50. The lowest BCUT2D eigenvalue weighted by molar-refractivity contribution is 0.539. The molecule has 0 saturated heterocycles. The number of hydrogen-bond donors (Lipinski definition) is 1. The second-order valence-electron chi connectivity index (χ2n) is 2.99. The summed E-state index contributed by atoms with van der Waals surface area (Å²) in [7, 11) is -3.83. The summed E-state index contributed by atoms with van der Waals surface area (Å²) in [5.74, 6) is -0.486. The molecule has 1 aromatic carbocycles. The molecule has 84 valence electrons. The number of benzene rings is 1. The fourth-order valence-electron chi connectivity index (χ4n) is 1.07. The molecule has 1 aliphatic heterocycles. The van der Waals surface area contributed by atoms with Crippen LogP contribution in [0.1, 0.15) is 0 Å². The van der Waals surface area contributed by atoms with Crippen LogP contribution in [0.2, 0.25) is 0 Å². The molecule has 0 spiro atoms. The van der Waals surface area contributed by atoms with Crippen molar-refractivity contribution in [3.63, 3.8) is 0 Å². The molecule has 0 bridgehead atoms. The maximum absolute atomic E-state index is 12.8. The Hall–Kier alpha value is -1.89. The third-order valence-electron chi connectivity index (χ3n) is 1.84. The van der Waals surface area contributed by atoms with Gasteiger partial charge in [0.05, 0.1) is 6.20 Å². The van der Waals surface area contributed by atoms with Crippen LogP contribution >= 0.6 is 0 Å². The smallest absolute Gasteiger partial charge is 0.321 e. The van der Waals surface area contributed by atoms with Crippen LogP contribution in [-0.2, 0) is 9.84 Å². The van der Waals surface area contributed by atoms with E-state index in [0.717, 1.165) is 12.3 Å². The lowest BCUT2D eigenvalue weighted by Crippen LogP contribution is -2.22. The van der Waals surface area contributed by atoms with Crippen molar-refractivity contribution in [3.8, 4) is 5.75 Å². The van der Waals surface area contributed by atoms with Gasteiger partial charge < -0.3 is 10.5 Å². The average Bonchev–Trinajstić information content (AvgIpc) is 2.45. The highest BCUT2D eigenvalue weighted by atomic mass is 32.2. The highest BCUT2D eigenvalue weighted by Gasteiger charge is 2.30. The summed E-state index contributed by atoms with van der Waals surface area (Å²) in [4.78, 5) is 3.49. The fraction of sp³-hybridized carbons (Fsp3) is 0. The molecule has 2 N–H and O–H groups in total. The topological polar surface area (TPSA) is 81.8 Å². The number of rotatable bonds is 1. The molecule has 0 radical (unpaired) electrons. The monoisotopic (exact) mass is 242 g/mol. The average molecular weight is 242 g/mol. The molecule has 1 aliphatic rings. The van der Waals surface area contributed by atoms with E-state index in [4.69, 9.17) is 10.5 Å². The van der Waals surface area contributed by atoms with Crippen molar-refractivity contribution in [1.82, 2.24) is 0 Å². The second kappa shape index (κ2) is 3.60. The molecule has 1 aromatic rings. The lowest BCUT2D eigenvalue weighted by atomic mass is 10.3. The first kappa shape index (κ1) is 10.6. The second-order valence-corrected chi connectivity index (χ2v) is 4.82. The predicted molar refractivity (Wildman–Crippen MR) is 55.7 cm³/mol. The molecule has 7 heteroatoms. The molecule has 0 unspecified atom stereocenters. The number of ether oxygens (including phenoxy) is 1. The lowest BCUT2D eigenvalue weighted by Gasteiger charge is -2.04. The van der Waals surface area contributed by atoms with Crippen LogP contribution in [0.4, 0.5) is 4.39 Å². The molecular weight excluding hydrogens is 235 g/mol. The summed E-state index contributed by atoms with van der Waals surface area (Å²) in [6.07, 6.45) is 0.976. The van der Waals surface area contributed by atoms with E-state index in [1.807, 2.05) is 0 Å². The zero-order chi connectivity index (χ0) is 11.8. The molecular formula is C9H7FN2O3S. The van der Waals surface area contributed by atoms with Crippen molar-refractivity contribution in [2.24, 2.45) is 10.7 Å². The standard InChI is InChI=1S/C9H7FN2O3S/c10-6-2-1-3-7(4-6)15-9-12-5-8(11)16(9,13)14/h1-5H,11H2. The van der Waals surface area contributed by atoms with Gasteiger partial charge in [-0.05, 0) is 12.1 Å². The summed E-state index contributed by atoms with van der Waals surface area (Å²) in [5.41, 5.74) is 5.19. The molecule has 0 aliphatic carbocycles. The van der Waals surface area contributed by atoms with Crippen LogP contribution < -0.4 is 10.5 Å². The van der Waals surface area contributed by atoms with Gasteiger partial charge in [0, 0.05) is 6.07 Å². The molecule has 2 rings (SSSR count). The highest BCUT2D eigenvalue weighted by molar-refractivity contribution is 8.09. The van der Waals surface area contributed by atoms with E-state index >= 15 is 0 Å². The Morgan fingerprint density at radius 3 is 2.69 bits per heavy atom. The van der Waals surface area contributed by atoms with Crippen LogP contribution in [0.5, 0.6) is 5.75 Å². The van der Waals surface area contributed by atoms with Gasteiger partial charge in [-0.2, -0.15) is 0 Å². The van der Waals surface area contributed by atoms with Gasteiger partial charge in [-0.15, -0.1) is 0 Å². The van der Waals surface area contributed by atoms with Gasteiger partial charge in [-0.3, -0.25) is 0 Å². The molecule has 0 atom stereocenters. The Morgan fingerprint density at radius 1 is 1.38 bits per heavy atom. The summed E-state index contributed by atoms with van der Waals surface area (Å²) in [6, 6.07) is 5.07. The minimum absolute atomic E-state index is 0.0467. The van der Waals surface area contributed by atoms with Crippen LogP contribution in [-0.4, -0.2) is 13.6 Å². The van der Waals surface area contributed by atoms with Gasteiger partial charge in [0.2, 0.25) is 0 Å². The Kier molecular flexibility index (Phi) is 2.39. The Bertz CT molecular complexity index is 593. The van der Waals surface area contributed by atoms with Crippen molar-refractivity contribution in [2.45, 2.75) is 0 Å². The van der Waals surface area contributed by atoms with E-state index in [9.17, 15) is 12.8 Å². The van der Waals surface area contributed by atoms with Crippen LogP contribution in [0.15, 0.2) is 40.5 Å². The van der Waals surface area contributed by atoms with Crippen molar-refractivity contribution in [2.75, 3.05) is 0 Å². The molecule has 16 heavy (non-hydrogen) atoms. The number of nitrogens with zero attached hydrogens (tertiary/aromatic N) is 1. The number of hydrogen-bond acceptors (Lipinski definition) is 5. The van der Waals surface area contributed by atoms with Crippen molar-refractivity contribution in [1.29, 1.82) is 0 Å². The minimum Gasteiger partial charge on any atom is -0.430 e. The predicted octanol–water partition coefficient (Wildman–Crippen LogP) is 0.747. The zero-order valence-electron chi connectivity index (χ0n) is 7.92. The molecule has 0 saturated carbocycles. The third kappa shape index (κ3) is 1.76. The van der Waals surface area contributed by atoms with Gasteiger partial charge in [-0.25, -0.2) is 17.8 Å². The molecule has 0 aromatic heterocycles. The largest absolute Gasteiger partial charge is 0.430 e. The normalized spacial score (nSPS) is 17.8.